The van der Waals surface area contributed by atoms with Gasteiger partial charge in [0, 0.05) is 11.9 Å². The van der Waals surface area contributed by atoms with Gasteiger partial charge in [-0.15, -0.1) is 10.2 Å². The van der Waals surface area contributed by atoms with Gasteiger partial charge in [0.15, 0.2) is 0 Å². The lowest BCUT2D eigenvalue weighted by Gasteiger charge is -2.05. The molecular formula is C13H14ClN7O. The molecule has 0 saturated carbocycles. The van der Waals surface area contributed by atoms with Crippen molar-refractivity contribution in [2.24, 2.45) is 0 Å². The molecule has 0 aromatic carbocycles. The van der Waals surface area contributed by atoms with Crippen LogP contribution in [0.25, 0.3) is 5.78 Å². The molecule has 9 heteroatoms. The molecule has 3 heterocycles. The normalized spacial score (nSPS) is 11.1. The average Bonchev–Trinajstić information content (AvgIpc) is 2.96. The molecule has 0 aliphatic rings. The van der Waals surface area contributed by atoms with Gasteiger partial charge in [-0.1, -0.05) is 11.6 Å². The molecule has 0 radical (unpaired) electrons. The molecule has 1 N–H and O–H groups in total. The number of nitrogens with one attached hydrogen (secondary N) is 1. The number of aryl methyl sites for hydroxylation is 2. The van der Waals surface area contributed by atoms with Crippen molar-refractivity contribution in [3.05, 3.63) is 34.4 Å². The van der Waals surface area contributed by atoms with Gasteiger partial charge in [-0.25, -0.2) is 4.98 Å². The third-order valence-electron chi connectivity index (χ3n) is 3.26. The van der Waals surface area contributed by atoms with Crippen molar-refractivity contribution < 1.29 is 4.79 Å². The van der Waals surface area contributed by atoms with Crippen LogP contribution in [0, 0.1) is 20.8 Å². The van der Waals surface area contributed by atoms with E-state index in [1.165, 1.54) is 0 Å². The Morgan fingerprint density at radius 2 is 2.09 bits per heavy atom. The molecule has 0 spiro atoms. The minimum Gasteiger partial charge on any atom is -0.293 e. The summed E-state index contributed by atoms with van der Waals surface area (Å²) in [6.07, 6.45) is 1.76. The van der Waals surface area contributed by atoms with Gasteiger partial charge in [-0.2, -0.15) is 5.10 Å². The Morgan fingerprint density at radius 3 is 2.77 bits per heavy atom. The summed E-state index contributed by atoms with van der Waals surface area (Å²) in [5.74, 6) is 0.488. The Morgan fingerprint density at radius 1 is 1.32 bits per heavy atom. The Bertz CT molecular complexity index is 867. The average molecular weight is 320 g/mol. The zero-order valence-electron chi connectivity index (χ0n) is 12.3. The first-order chi connectivity index (χ1) is 10.5. The zero-order chi connectivity index (χ0) is 15.9. The number of aromatic nitrogens is 6. The summed E-state index contributed by atoms with van der Waals surface area (Å²) < 4.78 is 3.16. The number of hydrogen-bond acceptors (Lipinski definition) is 5. The van der Waals surface area contributed by atoms with E-state index in [1.807, 2.05) is 19.9 Å². The Hall–Kier alpha value is -2.48. The first kappa shape index (κ1) is 14.5. The number of hydrogen-bond donors (Lipinski definition) is 1. The molecule has 3 rings (SSSR count). The molecule has 8 nitrogen and oxygen atoms in total. The largest absolute Gasteiger partial charge is 0.293 e. The molecule has 0 fully saturated rings. The second-order valence-corrected chi connectivity index (χ2v) is 5.33. The molecule has 22 heavy (non-hydrogen) atoms. The zero-order valence-corrected chi connectivity index (χ0v) is 13.1. The van der Waals surface area contributed by atoms with Crippen molar-refractivity contribution in [1.29, 1.82) is 0 Å². The number of rotatable bonds is 3. The molecule has 1 amide bonds. The fraction of sp³-hybridized carbons (Fsp3) is 0.308. The predicted octanol–water partition coefficient (Wildman–Crippen LogP) is 1.54. The summed E-state index contributed by atoms with van der Waals surface area (Å²) >= 11 is 6.07. The minimum atomic E-state index is -0.267. The lowest BCUT2D eigenvalue weighted by atomic mass is 10.4. The third-order valence-corrected chi connectivity index (χ3v) is 3.80. The summed E-state index contributed by atoms with van der Waals surface area (Å²) in [7, 11) is 0. The molecule has 0 aliphatic heterocycles. The van der Waals surface area contributed by atoms with Crippen LogP contribution in [0.5, 0.6) is 0 Å². The summed E-state index contributed by atoms with van der Waals surface area (Å²) in [5.41, 5.74) is 2.27. The Kier molecular flexibility index (Phi) is 3.53. The monoisotopic (exact) mass is 319 g/mol. The maximum absolute atomic E-state index is 12.1. The lowest BCUT2D eigenvalue weighted by molar-refractivity contribution is -0.117. The van der Waals surface area contributed by atoms with Crippen LogP contribution >= 0.6 is 11.6 Å². The van der Waals surface area contributed by atoms with Crippen LogP contribution in [0.1, 0.15) is 17.1 Å². The van der Waals surface area contributed by atoms with Crippen molar-refractivity contribution in [1.82, 2.24) is 29.4 Å². The summed E-state index contributed by atoms with van der Waals surface area (Å²) in [5, 5.41) is 15.3. The van der Waals surface area contributed by atoms with E-state index in [0.29, 0.717) is 22.4 Å². The van der Waals surface area contributed by atoms with Crippen molar-refractivity contribution in [3.8, 4) is 0 Å². The molecule has 3 aromatic rings. The van der Waals surface area contributed by atoms with E-state index in [4.69, 9.17) is 11.6 Å². The highest BCUT2D eigenvalue weighted by molar-refractivity contribution is 6.31. The van der Waals surface area contributed by atoms with Gasteiger partial charge in [0.1, 0.15) is 6.54 Å². The number of anilines is 1. The van der Waals surface area contributed by atoms with Gasteiger partial charge in [0.2, 0.25) is 11.9 Å². The second kappa shape index (κ2) is 5.38. The summed E-state index contributed by atoms with van der Waals surface area (Å²) in [4.78, 5) is 16.4. The van der Waals surface area contributed by atoms with Crippen LogP contribution in [0.4, 0.5) is 5.95 Å². The van der Waals surface area contributed by atoms with E-state index in [1.54, 1.807) is 22.2 Å². The topological polar surface area (TPSA) is 90.0 Å². The molecule has 0 atom stereocenters. The number of carbonyl (C=O) groups is 1. The second-order valence-electron chi connectivity index (χ2n) is 4.95. The highest BCUT2D eigenvalue weighted by atomic mass is 35.5. The van der Waals surface area contributed by atoms with Gasteiger partial charge in [-0.3, -0.25) is 19.2 Å². The maximum Gasteiger partial charge on any atom is 0.256 e. The van der Waals surface area contributed by atoms with Crippen molar-refractivity contribution in [3.63, 3.8) is 0 Å². The van der Waals surface area contributed by atoms with E-state index >= 15 is 0 Å². The van der Waals surface area contributed by atoms with Gasteiger partial charge in [-0.05, 0) is 26.8 Å². The van der Waals surface area contributed by atoms with E-state index in [9.17, 15) is 4.79 Å². The predicted molar refractivity (Wildman–Crippen MR) is 80.9 cm³/mol. The number of nitrogens with zero attached hydrogens (tertiary/aromatic N) is 6. The fourth-order valence-electron chi connectivity index (χ4n) is 2.09. The quantitative estimate of drug-likeness (QED) is 0.790. The lowest BCUT2D eigenvalue weighted by Crippen LogP contribution is -2.21. The van der Waals surface area contributed by atoms with Crippen LogP contribution in [-0.2, 0) is 11.3 Å². The standard InChI is InChI=1S/C13H14ClN7O/c1-7-4-5-20-12(15-7)17-18-13(20)16-10(22)6-21-9(3)11(14)8(2)19-21/h4-5H,6H2,1-3H3,(H,16,18,22). The van der Waals surface area contributed by atoms with Crippen LogP contribution in [0.2, 0.25) is 5.02 Å². The van der Waals surface area contributed by atoms with Crippen molar-refractivity contribution in [2.45, 2.75) is 27.3 Å². The van der Waals surface area contributed by atoms with Crippen molar-refractivity contribution in [2.75, 3.05) is 5.32 Å². The van der Waals surface area contributed by atoms with Gasteiger partial charge < -0.3 is 0 Å². The summed E-state index contributed by atoms with van der Waals surface area (Å²) in [6, 6.07) is 1.81. The van der Waals surface area contributed by atoms with Gasteiger partial charge in [0.25, 0.3) is 5.78 Å². The number of amides is 1. The molecular weight excluding hydrogens is 306 g/mol. The van der Waals surface area contributed by atoms with E-state index < -0.39 is 0 Å². The van der Waals surface area contributed by atoms with Crippen LogP contribution in [0.3, 0.4) is 0 Å². The number of halogens is 1. The first-order valence-corrected chi connectivity index (χ1v) is 7.01. The van der Waals surface area contributed by atoms with Crippen LogP contribution in [-0.4, -0.2) is 35.3 Å². The van der Waals surface area contributed by atoms with Crippen molar-refractivity contribution >= 4 is 29.2 Å². The Labute approximate surface area is 131 Å². The third kappa shape index (κ3) is 2.52. The maximum atomic E-state index is 12.1. The molecule has 0 aliphatic carbocycles. The van der Waals surface area contributed by atoms with Gasteiger partial charge in [0.05, 0.1) is 16.4 Å². The SMILES string of the molecule is Cc1ccn2c(NC(=O)Cn3nc(C)c(Cl)c3C)nnc2n1. The first-order valence-electron chi connectivity index (χ1n) is 6.63. The van der Waals surface area contributed by atoms with Crippen LogP contribution < -0.4 is 5.32 Å². The van der Waals surface area contributed by atoms with Gasteiger partial charge >= 0.3 is 0 Å². The molecule has 0 saturated heterocycles. The van der Waals surface area contributed by atoms with Crippen LogP contribution in [0.15, 0.2) is 12.3 Å². The molecule has 3 aromatic heterocycles. The summed E-state index contributed by atoms with van der Waals surface area (Å²) in [6.45, 7) is 5.52. The fourth-order valence-corrected chi connectivity index (χ4v) is 2.22. The van der Waals surface area contributed by atoms with E-state index in [-0.39, 0.29) is 12.5 Å². The molecule has 0 unspecified atom stereocenters. The van der Waals surface area contributed by atoms with E-state index in [0.717, 1.165) is 11.4 Å². The van der Waals surface area contributed by atoms with E-state index in [2.05, 4.69) is 25.6 Å². The molecule has 114 valence electrons. The number of fused-ring (bicyclic) bond motifs is 1. The molecule has 0 bridgehead atoms. The highest BCUT2D eigenvalue weighted by Gasteiger charge is 2.14. The number of carbonyl (C=O) groups excluding carboxylic acids is 1. The Balaban J connectivity index is 1.80. The minimum absolute atomic E-state index is 0.0492. The smallest absolute Gasteiger partial charge is 0.256 e. The highest BCUT2D eigenvalue weighted by Crippen LogP contribution is 2.18.